The normalized spacial score (nSPS) is 10.2. The molecule has 1 heterocycles. The summed E-state index contributed by atoms with van der Waals surface area (Å²) in [5.41, 5.74) is 2.70. The number of halogens is 1. The number of thiazole rings is 1. The van der Waals surface area contributed by atoms with E-state index in [1.807, 2.05) is 29.6 Å². The molecule has 0 bridgehead atoms. The first kappa shape index (κ1) is 12.1. The van der Waals surface area contributed by atoms with Gasteiger partial charge in [0.25, 0.3) is 0 Å². The Hall–Kier alpha value is -1.39. The van der Waals surface area contributed by atoms with Crippen LogP contribution in [-0.2, 0) is 10.7 Å². The molecule has 0 radical (unpaired) electrons. The minimum atomic E-state index is -0.0728. The molecule has 0 unspecified atom stereocenters. The van der Waals surface area contributed by atoms with Crippen LogP contribution < -0.4 is 5.32 Å². The van der Waals surface area contributed by atoms with Crippen molar-refractivity contribution in [1.29, 1.82) is 0 Å². The number of amides is 1. The summed E-state index contributed by atoms with van der Waals surface area (Å²) in [6.07, 6.45) is 0. The Balaban J connectivity index is 2.19. The number of carbonyl (C=O) groups is 1. The van der Waals surface area contributed by atoms with Crippen molar-refractivity contribution in [2.24, 2.45) is 0 Å². The van der Waals surface area contributed by atoms with E-state index in [2.05, 4.69) is 10.3 Å². The SMILES string of the molecule is CC(=O)Nc1ccc(-c2nc(CCl)cs2)cc1. The van der Waals surface area contributed by atoms with Gasteiger partial charge in [0, 0.05) is 23.6 Å². The van der Waals surface area contributed by atoms with Gasteiger partial charge < -0.3 is 5.32 Å². The van der Waals surface area contributed by atoms with E-state index in [4.69, 9.17) is 11.6 Å². The number of nitrogens with zero attached hydrogens (tertiary/aromatic N) is 1. The lowest BCUT2D eigenvalue weighted by atomic mass is 10.2. The van der Waals surface area contributed by atoms with Crippen LogP contribution >= 0.6 is 22.9 Å². The Morgan fingerprint density at radius 2 is 2.12 bits per heavy atom. The standard InChI is InChI=1S/C12H11ClN2OS/c1-8(16)14-10-4-2-9(3-5-10)12-15-11(6-13)7-17-12/h2-5,7H,6H2,1H3,(H,14,16). The Morgan fingerprint density at radius 1 is 1.41 bits per heavy atom. The number of anilines is 1. The largest absolute Gasteiger partial charge is 0.326 e. The molecule has 0 atom stereocenters. The van der Waals surface area contributed by atoms with Gasteiger partial charge in [0.05, 0.1) is 11.6 Å². The smallest absolute Gasteiger partial charge is 0.221 e. The molecule has 0 saturated carbocycles. The molecule has 0 spiro atoms. The van der Waals surface area contributed by atoms with Crippen LogP contribution in [0.4, 0.5) is 5.69 Å². The molecule has 17 heavy (non-hydrogen) atoms. The summed E-state index contributed by atoms with van der Waals surface area (Å²) in [4.78, 5) is 15.3. The molecule has 1 N–H and O–H groups in total. The number of hydrogen-bond donors (Lipinski definition) is 1. The van der Waals surface area contributed by atoms with E-state index in [9.17, 15) is 4.79 Å². The van der Waals surface area contributed by atoms with E-state index in [-0.39, 0.29) is 5.91 Å². The summed E-state index contributed by atoms with van der Waals surface area (Å²) in [5.74, 6) is 0.358. The topological polar surface area (TPSA) is 42.0 Å². The molecule has 0 fully saturated rings. The summed E-state index contributed by atoms with van der Waals surface area (Å²) in [6.45, 7) is 1.49. The number of alkyl halides is 1. The first-order chi connectivity index (χ1) is 8.19. The van der Waals surface area contributed by atoms with Crippen LogP contribution in [0, 0.1) is 0 Å². The number of rotatable bonds is 3. The van der Waals surface area contributed by atoms with Crippen molar-refractivity contribution in [3.05, 3.63) is 35.3 Å². The molecule has 0 aliphatic carbocycles. The maximum absolute atomic E-state index is 10.9. The molecular weight excluding hydrogens is 256 g/mol. The van der Waals surface area contributed by atoms with Crippen LogP contribution in [0.1, 0.15) is 12.6 Å². The van der Waals surface area contributed by atoms with Crippen molar-refractivity contribution >= 4 is 34.5 Å². The van der Waals surface area contributed by atoms with Gasteiger partial charge in [0.15, 0.2) is 0 Å². The minimum absolute atomic E-state index is 0.0728. The Morgan fingerprint density at radius 3 is 2.65 bits per heavy atom. The predicted octanol–water partition coefficient (Wildman–Crippen LogP) is 3.51. The molecule has 2 rings (SSSR count). The second-order valence-electron chi connectivity index (χ2n) is 3.54. The highest BCUT2D eigenvalue weighted by atomic mass is 35.5. The van der Waals surface area contributed by atoms with Crippen molar-refractivity contribution in [2.45, 2.75) is 12.8 Å². The first-order valence-corrected chi connectivity index (χ1v) is 6.49. The van der Waals surface area contributed by atoms with Gasteiger partial charge in [0.2, 0.25) is 5.91 Å². The van der Waals surface area contributed by atoms with E-state index in [0.29, 0.717) is 5.88 Å². The highest BCUT2D eigenvalue weighted by molar-refractivity contribution is 7.13. The van der Waals surface area contributed by atoms with Crippen molar-refractivity contribution in [2.75, 3.05) is 5.32 Å². The average molecular weight is 267 g/mol. The van der Waals surface area contributed by atoms with E-state index >= 15 is 0 Å². The minimum Gasteiger partial charge on any atom is -0.326 e. The van der Waals surface area contributed by atoms with E-state index in [0.717, 1.165) is 22.0 Å². The monoisotopic (exact) mass is 266 g/mol. The molecule has 88 valence electrons. The zero-order chi connectivity index (χ0) is 12.3. The number of carbonyl (C=O) groups excluding carboxylic acids is 1. The fourth-order valence-corrected chi connectivity index (χ4v) is 2.45. The number of aromatic nitrogens is 1. The van der Waals surface area contributed by atoms with Crippen LogP contribution in [0.5, 0.6) is 0 Å². The molecule has 1 amide bonds. The van der Waals surface area contributed by atoms with Gasteiger partial charge in [-0.3, -0.25) is 4.79 Å². The van der Waals surface area contributed by atoms with Crippen LogP contribution in [0.2, 0.25) is 0 Å². The average Bonchev–Trinajstić information content (AvgIpc) is 2.78. The van der Waals surface area contributed by atoms with Crippen LogP contribution in [0.3, 0.4) is 0 Å². The van der Waals surface area contributed by atoms with Crippen molar-refractivity contribution < 1.29 is 4.79 Å². The summed E-state index contributed by atoms with van der Waals surface area (Å²) in [5, 5.41) is 5.61. The highest BCUT2D eigenvalue weighted by Crippen LogP contribution is 2.25. The fraction of sp³-hybridized carbons (Fsp3) is 0.167. The Kier molecular flexibility index (Phi) is 3.76. The lowest BCUT2D eigenvalue weighted by Crippen LogP contribution is -2.05. The lowest BCUT2D eigenvalue weighted by Gasteiger charge is -2.02. The van der Waals surface area contributed by atoms with Crippen LogP contribution in [0.15, 0.2) is 29.6 Å². The van der Waals surface area contributed by atoms with Crippen molar-refractivity contribution in [3.63, 3.8) is 0 Å². The zero-order valence-electron chi connectivity index (χ0n) is 9.24. The predicted molar refractivity (Wildman–Crippen MR) is 71.4 cm³/mol. The van der Waals surface area contributed by atoms with E-state index in [1.54, 1.807) is 11.3 Å². The third kappa shape index (κ3) is 3.05. The van der Waals surface area contributed by atoms with Gasteiger partial charge in [-0.15, -0.1) is 22.9 Å². The highest BCUT2D eigenvalue weighted by Gasteiger charge is 2.04. The van der Waals surface area contributed by atoms with E-state index < -0.39 is 0 Å². The molecule has 0 aliphatic heterocycles. The van der Waals surface area contributed by atoms with Gasteiger partial charge >= 0.3 is 0 Å². The molecule has 2 aromatic rings. The molecule has 0 aliphatic rings. The summed E-state index contributed by atoms with van der Waals surface area (Å²) >= 11 is 7.27. The Bertz CT molecular complexity index is 522. The molecule has 3 nitrogen and oxygen atoms in total. The second kappa shape index (κ2) is 5.29. The lowest BCUT2D eigenvalue weighted by molar-refractivity contribution is -0.114. The van der Waals surface area contributed by atoms with Gasteiger partial charge in [-0.25, -0.2) is 4.98 Å². The number of hydrogen-bond acceptors (Lipinski definition) is 3. The third-order valence-corrected chi connectivity index (χ3v) is 3.35. The summed E-state index contributed by atoms with van der Waals surface area (Å²) < 4.78 is 0. The van der Waals surface area contributed by atoms with Crippen LogP contribution in [0.25, 0.3) is 10.6 Å². The molecular formula is C12H11ClN2OS. The molecule has 5 heteroatoms. The molecule has 1 aromatic heterocycles. The van der Waals surface area contributed by atoms with Crippen LogP contribution in [-0.4, -0.2) is 10.9 Å². The zero-order valence-corrected chi connectivity index (χ0v) is 10.8. The quantitative estimate of drug-likeness (QED) is 0.864. The third-order valence-electron chi connectivity index (χ3n) is 2.14. The fourth-order valence-electron chi connectivity index (χ4n) is 1.40. The number of benzene rings is 1. The van der Waals surface area contributed by atoms with E-state index in [1.165, 1.54) is 6.92 Å². The maximum atomic E-state index is 10.9. The summed E-state index contributed by atoms with van der Waals surface area (Å²) in [6, 6.07) is 7.58. The van der Waals surface area contributed by atoms with Gasteiger partial charge in [0.1, 0.15) is 5.01 Å². The number of nitrogens with one attached hydrogen (secondary N) is 1. The Labute approximate surface area is 108 Å². The van der Waals surface area contributed by atoms with Gasteiger partial charge in [-0.1, -0.05) is 0 Å². The van der Waals surface area contributed by atoms with Crippen molar-refractivity contribution in [1.82, 2.24) is 4.98 Å². The first-order valence-electron chi connectivity index (χ1n) is 5.07. The second-order valence-corrected chi connectivity index (χ2v) is 4.66. The van der Waals surface area contributed by atoms with Gasteiger partial charge in [-0.2, -0.15) is 0 Å². The van der Waals surface area contributed by atoms with Crippen molar-refractivity contribution in [3.8, 4) is 10.6 Å². The summed E-state index contributed by atoms with van der Waals surface area (Å²) in [7, 11) is 0. The molecule has 0 saturated heterocycles. The van der Waals surface area contributed by atoms with Gasteiger partial charge in [-0.05, 0) is 24.3 Å². The maximum Gasteiger partial charge on any atom is 0.221 e. The molecule has 1 aromatic carbocycles.